The maximum absolute atomic E-state index is 14.7. The lowest BCUT2D eigenvalue weighted by Gasteiger charge is -2.45. The van der Waals surface area contributed by atoms with Crippen LogP contribution in [0.5, 0.6) is 0 Å². The van der Waals surface area contributed by atoms with E-state index < -0.39 is 73.5 Å². The second kappa shape index (κ2) is 34.0. The molecule has 13 heteroatoms. The molecule has 0 spiro atoms. The van der Waals surface area contributed by atoms with Gasteiger partial charge in [-0.05, 0) is 57.5 Å². The van der Waals surface area contributed by atoms with Gasteiger partial charge in [-0.2, -0.15) is 0 Å². The van der Waals surface area contributed by atoms with Crippen LogP contribution in [0.2, 0.25) is 0 Å². The summed E-state index contributed by atoms with van der Waals surface area (Å²) in [4.78, 5) is 14.7. The van der Waals surface area contributed by atoms with Crippen molar-refractivity contribution in [3.63, 3.8) is 0 Å². The van der Waals surface area contributed by atoms with Gasteiger partial charge in [0, 0.05) is 19.1 Å². The average molecular weight is 1170 g/mol. The molecule has 0 aliphatic carbocycles. The molecule has 2 saturated heterocycles. The van der Waals surface area contributed by atoms with E-state index >= 15 is 0 Å². The van der Waals surface area contributed by atoms with Gasteiger partial charge in [0.15, 0.2) is 6.29 Å². The molecule has 0 bridgehead atoms. The van der Waals surface area contributed by atoms with Gasteiger partial charge in [0.2, 0.25) is 6.29 Å². The van der Waals surface area contributed by atoms with E-state index in [0.29, 0.717) is 6.61 Å². The second-order valence-electron chi connectivity index (χ2n) is 21.4. The van der Waals surface area contributed by atoms with Crippen LogP contribution in [0.1, 0.15) is 57.3 Å². The van der Waals surface area contributed by atoms with Crippen molar-refractivity contribution in [1.29, 1.82) is 0 Å². The highest BCUT2D eigenvalue weighted by atomic mass is 16.7. The topological polar surface area (TPSA) is 128 Å². The number of ether oxygens (including phenoxy) is 12. The molecule has 13 nitrogen and oxygen atoms in total. The summed E-state index contributed by atoms with van der Waals surface area (Å²) < 4.78 is 80.6. The highest BCUT2D eigenvalue weighted by molar-refractivity contribution is 5.69. The summed E-state index contributed by atoms with van der Waals surface area (Å²) >= 11 is 0. The van der Waals surface area contributed by atoms with E-state index in [4.69, 9.17) is 56.8 Å². The predicted molar refractivity (Wildman–Crippen MR) is 329 cm³/mol. The second-order valence-corrected chi connectivity index (χ2v) is 21.4. The molecular formula is C74H76O13. The predicted octanol–water partition coefficient (Wildman–Crippen LogP) is 12.6. The summed E-state index contributed by atoms with van der Waals surface area (Å²) in [5, 5.41) is 0. The van der Waals surface area contributed by atoms with Crippen molar-refractivity contribution in [3.8, 4) is 11.8 Å². The summed E-state index contributed by atoms with van der Waals surface area (Å²) in [6.07, 6.45) is -9.10. The molecule has 2 aliphatic heterocycles. The molecule has 87 heavy (non-hydrogen) atoms. The highest BCUT2D eigenvalue weighted by Crippen LogP contribution is 2.34. The number of hydrogen-bond donors (Lipinski definition) is 0. The first-order valence-corrected chi connectivity index (χ1v) is 29.8. The SMILES string of the molecule is CO[C@H]1O[C@H](COC(C#Cc2ccccc2)CCC(=O)OC2O[C@H](COCc3ccccc3)[C@H](OCc3ccccc3)[C@H](OCc3ccccc3)[C@H]2OCc2ccccc2)[C@@H](OCc2ccccc2)[C@H](OCc2ccccc2)[C@H]1OCc1ccccc1. The molecule has 2 heterocycles. The van der Waals surface area contributed by atoms with Gasteiger partial charge >= 0.3 is 5.97 Å². The maximum atomic E-state index is 14.7. The van der Waals surface area contributed by atoms with E-state index in [1.807, 2.05) is 243 Å². The molecule has 2 fully saturated rings. The normalized spacial score (nSPS) is 22.1. The Bertz CT molecular complexity index is 3250. The third-order valence-corrected chi connectivity index (χ3v) is 15.0. The van der Waals surface area contributed by atoms with Crippen molar-refractivity contribution in [3.05, 3.63) is 287 Å². The van der Waals surface area contributed by atoms with Crippen LogP contribution < -0.4 is 0 Å². The first-order valence-electron chi connectivity index (χ1n) is 29.8. The molecule has 0 aromatic heterocycles. The standard InChI is InChI=1S/C74H76O13/c1-76-73-71(83-51-61-38-22-8-23-39-61)69(81-49-59-34-18-6-19-35-59)68(80-48-58-32-16-5-17-33-58)65(85-73)54-78-63(43-42-55-26-10-2-11-27-55)44-45-66(75)87-74-72(84-52-62-40-24-9-25-41-62)70(82-50-60-36-20-7-21-37-60)67(79-47-57-30-14-4-15-31-57)64(86-74)53-77-46-56-28-12-3-13-29-56/h2-41,63-65,67-74H,44-54H2,1H3/t63?,64-,65-,67+,68-,69+,70+,71-,72-,73+,74?/m1/s1. The van der Waals surface area contributed by atoms with Crippen LogP contribution in [0, 0.1) is 11.8 Å². The maximum Gasteiger partial charge on any atom is 0.308 e. The summed E-state index contributed by atoms with van der Waals surface area (Å²) in [6.45, 7) is 1.81. The Balaban J connectivity index is 0.917. The summed E-state index contributed by atoms with van der Waals surface area (Å²) in [7, 11) is 1.59. The molecule has 11 atom stereocenters. The molecule has 10 rings (SSSR count). The largest absolute Gasteiger partial charge is 0.433 e. The number of methoxy groups -OCH3 is 1. The number of rotatable bonds is 30. The first kappa shape index (κ1) is 62.4. The zero-order valence-electron chi connectivity index (χ0n) is 49.0. The zero-order chi connectivity index (χ0) is 59.5. The van der Waals surface area contributed by atoms with E-state index in [1.54, 1.807) is 7.11 Å². The van der Waals surface area contributed by atoms with Gasteiger partial charge in [0.05, 0.1) is 59.5 Å². The summed E-state index contributed by atoms with van der Waals surface area (Å²) in [5.41, 5.74) is 7.49. The van der Waals surface area contributed by atoms with Gasteiger partial charge in [-0.3, -0.25) is 4.79 Å². The van der Waals surface area contributed by atoms with Gasteiger partial charge in [-0.1, -0.05) is 242 Å². The van der Waals surface area contributed by atoms with Crippen molar-refractivity contribution in [2.75, 3.05) is 20.3 Å². The number of benzene rings is 8. The average Bonchev–Trinajstić information content (AvgIpc) is 1.56. The lowest BCUT2D eigenvalue weighted by Crippen LogP contribution is -2.62. The minimum absolute atomic E-state index is 0.0182. The Kier molecular flexibility index (Phi) is 24.4. The van der Waals surface area contributed by atoms with E-state index in [-0.39, 0.29) is 65.7 Å². The van der Waals surface area contributed by atoms with Crippen molar-refractivity contribution >= 4 is 5.97 Å². The quantitative estimate of drug-likeness (QED) is 0.0313. The number of hydrogen-bond acceptors (Lipinski definition) is 13. The van der Waals surface area contributed by atoms with Crippen molar-refractivity contribution < 1.29 is 61.6 Å². The van der Waals surface area contributed by atoms with Gasteiger partial charge in [0.25, 0.3) is 0 Å². The fourth-order valence-electron chi connectivity index (χ4n) is 10.4. The van der Waals surface area contributed by atoms with Crippen molar-refractivity contribution in [2.45, 2.75) is 127 Å². The van der Waals surface area contributed by atoms with E-state index in [9.17, 15) is 4.79 Å². The molecule has 450 valence electrons. The van der Waals surface area contributed by atoms with E-state index in [2.05, 4.69) is 11.8 Å². The molecule has 0 N–H and O–H groups in total. The molecule has 8 aromatic carbocycles. The molecule has 0 radical (unpaired) electrons. The molecule has 8 aromatic rings. The van der Waals surface area contributed by atoms with Crippen LogP contribution in [0.25, 0.3) is 0 Å². The van der Waals surface area contributed by atoms with E-state index in [0.717, 1.165) is 44.5 Å². The van der Waals surface area contributed by atoms with Crippen molar-refractivity contribution in [1.82, 2.24) is 0 Å². The smallest absolute Gasteiger partial charge is 0.308 e. The molecule has 0 amide bonds. The van der Waals surface area contributed by atoms with Crippen LogP contribution >= 0.6 is 0 Å². The molecular weight excluding hydrogens is 1100 g/mol. The third kappa shape index (κ3) is 19.4. The van der Waals surface area contributed by atoms with E-state index in [1.165, 1.54) is 0 Å². The fourth-order valence-corrected chi connectivity index (χ4v) is 10.4. The number of carbonyl (C=O) groups is 1. The first-order chi connectivity index (χ1) is 43.0. The third-order valence-electron chi connectivity index (χ3n) is 15.0. The number of carbonyl (C=O) groups excluding carboxylic acids is 1. The molecule has 0 saturated carbocycles. The van der Waals surface area contributed by atoms with Gasteiger partial charge in [-0.25, -0.2) is 0 Å². The summed E-state index contributed by atoms with van der Waals surface area (Å²) in [6, 6.07) is 79.0. The Morgan fingerprint density at radius 1 is 0.391 bits per heavy atom. The minimum atomic E-state index is -1.26. The van der Waals surface area contributed by atoms with Gasteiger partial charge in [-0.15, -0.1) is 0 Å². The van der Waals surface area contributed by atoms with Crippen molar-refractivity contribution in [2.24, 2.45) is 0 Å². The Morgan fingerprint density at radius 3 is 1.10 bits per heavy atom. The monoisotopic (exact) mass is 1170 g/mol. The Morgan fingerprint density at radius 2 is 0.713 bits per heavy atom. The lowest BCUT2D eigenvalue weighted by atomic mass is 9.97. The highest BCUT2D eigenvalue weighted by Gasteiger charge is 2.51. The van der Waals surface area contributed by atoms with Crippen LogP contribution in [-0.2, 0) is 108 Å². The van der Waals surface area contributed by atoms with Crippen LogP contribution in [0.4, 0.5) is 0 Å². The minimum Gasteiger partial charge on any atom is -0.433 e. The van der Waals surface area contributed by atoms with Gasteiger partial charge < -0.3 is 56.8 Å². The Hall–Kier alpha value is -7.65. The fraction of sp³-hybridized carbons (Fsp3) is 0.311. The lowest BCUT2D eigenvalue weighted by molar-refractivity contribution is -0.323. The van der Waals surface area contributed by atoms with Crippen LogP contribution in [-0.4, -0.2) is 93.8 Å². The van der Waals surface area contributed by atoms with Crippen LogP contribution in [0.3, 0.4) is 0 Å². The van der Waals surface area contributed by atoms with Gasteiger partial charge in [0.1, 0.15) is 54.9 Å². The van der Waals surface area contributed by atoms with Crippen LogP contribution in [0.15, 0.2) is 243 Å². The molecule has 2 unspecified atom stereocenters. The Labute approximate surface area is 511 Å². The molecule has 2 aliphatic rings. The number of esters is 1. The zero-order valence-corrected chi connectivity index (χ0v) is 49.0. The summed E-state index contributed by atoms with van der Waals surface area (Å²) in [5.74, 6) is 6.04.